The second-order valence-corrected chi connectivity index (χ2v) is 11.1. The van der Waals surface area contributed by atoms with Gasteiger partial charge in [0.25, 0.3) is 0 Å². The Kier molecular flexibility index (Phi) is 5.07. The minimum absolute atomic E-state index is 0.147. The van der Waals surface area contributed by atoms with E-state index < -0.39 is 0 Å². The minimum Gasteiger partial charge on any atom is -0.371 e. The molecule has 3 aromatic carbocycles. The van der Waals surface area contributed by atoms with Gasteiger partial charge in [-0.1, -0.05) is 64.1 Å². The quantitative estimate of drug-likeness (QED) is 0.296. The average molecular weight is 446 g/mol. The van der Waals surface area contributed by atoms with Gasteiger partial charge < -0.3 is 4.90 Å². The zero-order valence-corrected chi connectivity index (χ0v) is 20.8. The monoisotopic (exact) mass is 445 g/mol. The van der Waals surface area contributed by atoms with E-state index in [0.717, 1.165) is 35.0 Å². The van der Waals surface area contributed by atoms with Crippen LogP contribution in [-0.2, 0) is 10.8 Å². The number of anilines is 1. The third-order valence-corrected chi connectivity index (χ3v) is 8.01. The Bertz CT molecular complexity index is 1400. The molecule has 0 saturated heterocycles. The average Bonchev–Trinajstić information content (AvgIpc) is 2.81. The molecule has 3 heteroatoms. The molecule has 0 bridgehead atoms. The molecule has 5 rings (SSSR count). The van der Waals surface area contributed by atoms with E-state index in [9.17, 15) is 5.26 Å². The molecule has 0 atom stereocenters. The van der Waals surface area contributed by atoms with Gasteiger partial charge in [-0.2, -0.15) is 5.26 Å². The van der Waals surface area contributed by atoms with Crippen LogP contribution in [0.1, 0.15) is 73.9 Å². The van der Waals surface area contributed by atoms with Crippen LogP contribution in [0.4, 0.5) is 11.4 Å². The Labute approximate surface area is 203 Å². The van der Waals surface area contributed by atoms with Crippen LogP contribution < -0.4 is 4.90 Å². The van der Waals surface area contributed by atoms with Crippen LogP contribution in [0.25, 0.3) is 27.8 Å². The molecule has 0 saturated carbocycles. The molecular formula is C31H31N3. The smallest absolute Gasteiger partial charge is 0.202 e. The summed E-state index contributed by atoms with van der Waals surface area (Å²) in [6, 6.07) is 14.9. The molecule has 0 aromatic heterocycles. The second kappa shape index (κ2) is 7.75. The Morgan fingerprint density at radius 3 is 2.15 bits per heavy atom. The minimum atomic E-state index is 0.147. The highest BCUT2D eigenvalue weighted by Crippen LogP contribution is 2.49. The van der Waals surface area contributed by atoms with E-state index in [1.807, 2.05) is 31.2 Å². The van der Waals surface area contributed by atoms with E-state index in [1.165, 1.54) is 35.2 Å². The molecule has 2 aliphatic heterocycles. The summed E-state index contributed by atoms with van der Waals surface area (Å²) in [6.07, 6.45) is 6.56. The molecule has 34 heavy (non-hydrogen) atoms. The molecule has 0 aliphatic carbocycles. The first-order valence-corrected chi connectivity index (χ1v) is 12.1. The van der Waals surface area contributed by atoms with Crippen LogP contribution in [0, 0.1) is 24.8 Å². The number of benzene rings is 3. The fourth-order valence-corrected chi connectivity index (χ4v) is 5.67. The maximum absolute atomic E-state index is 9.61. The van der Waals surface area contributed by atoms with Crippen LogP contribution in [-0.4, -0.2) is 13.1 Å². The number of aryl methyl sites for hydroxylation is 1. The van der Waals surface area contributed by atoms with Crippen molar-refractivity contribution in [3.8, 4) is 6.07 Å². The van der Waals surface area contributed by atoms with Gasteiger partial charge in [0.2, 0.25) is 5.69 Å². The molecule has 2 heterocycles. The third kappa shape index (κ3) is 3.39. The maximum atomic E-state index is 9.61. The molecule has 0 N–H and O–H groups in total. The summed E-state index contributed by atoms with van der Waals surface area (Å²) in [4.78, 5) is 6.46. The first-order valence-electron chi connectivity index (χ1n) is 12.1. The zero-order valence-electron chi connectivity index (χ0n) is 20.8. The van der Waals surface area contributed by atoms with E-state index in [2.05, 4.69) is 67.8 Å². The summed E-state index contributed by atoms with van der Waals surface area (Å²) in [6.45, 7) is 21.5. The summed E-state index contributed by atoms with van der Waals surface area (Å²) in [5.41, 5.74) is 8.92. The van der Waals surface area contributed by atoms with Gasteiger partial charge in [0.05, 0.1) is 18.2 Å². The topological polar surface area (TPSA) is 31.4 Å². The molecular weight excluding hydrogens is 414 g/mol. The van der Waals surface area contributed by atoms with Gasteiger partial charge in [-0.3, -0.25) is 0 Å². The lowest BCUT2D eigenvalue weighted by atomic mass is 9.69. The fourth-order valence-electron chi connectivity index (χ4n) is 5.67. The Balaban J connectivity index is 1.65. The normalized spacial score (nSPS) is 17.9. The van der Waals surface area contributed by atoms with Gasteiger partial charge in [0.1, 0.15) is 0 Å². The lowest BCUT2D eigenvalue weighted by molar-refractivity contribution is 0.401. The number of hydrogen-bond donors (Lipinski definition) is 0. The predicted octanol–water partition coefficient (Wildman–Crippen LogP) is 7.91. The molecule has 3 aromatic rings. The van der Waals surface area contributed by atoms with Crippen LogP contribution in [0.5, 0.6) is 0 Å². The van der Waals surface area contributed by atoms with Crippen molar-refractivity contribution in [1.82, 2.24) is 0 Å². The molecule has 0 radical (unpaired) electrons. The maximum Gasteiger partial charge on any atom is 0.202 e. The van der Waals surface area contributed by atoms with Gasteiger partial charge >= 0.3 is 0 Å². The van der Waals surface area contributed by atoms with Gasteiger partial charge in [0.15, 0.2) is 0 Å². The molecule has 3 nitrogen and oxygen atoms in total. The summed E-state index contributed by atoms with van der Waals surface area (Å²) in [7, 11) is 0. The van der Waals surface area contributed by atoms with Gasteiger partial charge in [-0.05, 0) is 81.3 Å². The Morgan fingerprint density at radius 2 is 1.56 bits per heavy atom. The summed E-state index contributed by atoms with van der Waals surface area (Å²) in [5.74, 6) is 0. The van der Waals surface area contributed by atoms with Crippen molar-refractivity contribution in [2.45, 2.75) is 58.3 Å². The van der Waals surface area contributed by atoms with Crippen molar-refractivity contribution in [3.63, 3.8) is 0 Å². The van der Waals surface area contributed by atoms with Crippen molar-refractivity contribution in [1.29, 1.82) is 5.26 Å². The molecule has 2 aliphatic rings. The van der Waals surface area contributed by atoms with Crippen LogP contribution >= 0.6 is 0 Å². The van der Waals surface area contributed by atoms with Gasteiger partial charge in [-0.15, -0.1) is 0 Å². The molecule has 0 fully saturated rings. The standard InChI is InChI=1S/C31H31N3/c1-20-7-11-24-23(25(20)19-32)12-10-22(28(24)33-6)9-8-21-17-26-29-27(18-21)31(4,5)14-16-34(29)15-13-30(26,2)3/h7-12,17-18H,13-16H2,1-5H3. The van der Waals surface area contributed by atoms with Crippen LogP contribution in [0.3, 0.4) is 0 Å². The highest BCUT2D eigenvalue weighted by molar-refractivity contribution is 6.02. The van der Waals surface area contributed by atoms with Crippen molar-refractivity contribution in [2.75, 3.05) is 18.0 Å². The Morgan fingerprint density at radius 1 is 0.941 bits per heavy atom. The van der Waals surface area contributed by atoms with Crippen molar-refractivity contribution in [2.24, 2.45) is 0 Å². The van der Waals surface area contributed by atoms with E-state index in [1.54, 1.807) is 0 Å². The molecule has 0 unspecified atom stereocenters. The number of nitriles is 1. The van der Waals surface area contributed by atoms with E-state index in [0.29, 0.717) is 11.3 Å². The van der Waals surface area contributed by atoms with Crippen LogP contribution in [0.15, 0.2) is 36.4 Å². The van der Waals surface area contributed by atoms with E-state index in [-0.39, 0.29) is 10.8 Å². The van der Waals surface area contributed by atoms with Crippen molar-refractivity contribution in [3.05, 3.63) is 81.2 Å². The van der Waals surface area contributed by atoms with Crippen LogP contribution in [0.2, 0.25) is 0 Å². The lowest BCUT2D eigenvalue weighted by Crippen LogP contribution is -2.44. The molecule has 170 valence electrons. The first kappa shape index (κ1) is 22.2. The number of nitrogens with zero attached hydrogens (tertiary/aromatic N) is 3. The number of fused-ring (bicyclic) bond motifs is 1. The summed E-state index contributed by atoms with van der Waals surface area (Å²) in [5, 5.41) is 11.3. The SMILES string of the molecule is [C-]#[N+]c1c(C=Cc2cc3c4c(c2)C(C)(C)CCN4CCC3(C)C)ccc2c(C#N)c(C)ccc12. The summed E-state index contributed by atoms with van der Waals surface area (Å²) < 4.78 is 0. The number of hydrogen-bond acceptors (Lipinski definition) is 2. The van der Waals surface area contributed by atoms with E-state index >= 15 is 0 Å². The van der Waals surface area contributed by atoms with E-state index in [4.69, 9.17) is 6.57 Å². The highest BCUT2D eigenvalue weighted by Gasteiger charge is 2.39. The largest absolute Gasteiger partial charge is 0.371 e. The van der Waals surface area contributed by atoms with Gasteiger partial charge in [0, 0.05) is 18.8 Å². The van der Waals surface area contributed by atoms with Crippen molar-refractivity contribution < 1.29 is 0 Å². The number of rotatable bonds is 2. The Hall–Kier alpha value is -3.56. The van der Waals surface area contributed by atoms with Gasteiger partial charge in [-0.25, -0.2) is 4.85 Å². The second-order valence-electron chi connectivity index (χ2n) is 11.1. The molecule has 0 amide bonds. The highest BCUT2D eigenvalue weighted by atomic mass is 15.2. The zero-order chi connectivity index (χ0) is 24.3. The predicted molar refractivity (Wildman–Crippen MR) is 143 cm³/mol. The third-order valence-electron chi connectivity index (χ3n) is 8.01. The fraction of sp³-hybridized carbons (Fsp3) is 0.355. The first-order chi connectivity index (χ1) is 16.2. The molecule has 0 spiro atoms. The van der Waals surface area contributed by atoms with Crippen molar-refractivity contribution >= 4 is 34.3 Å². The summed E-state index contributed by atoms with van der Waals surface area (Å²) >= 11 is 0. The lowest BCUT2D eigenvalue weighted by Gasteiger charge is -2.48.